The maximum atomic E-state index is 13.8. The van der Waals surface area contributed by atoms with Crippen LogP contribution >= 0.6 is 11.3 Å². The molecule has 3 aromatic rings. The van der Waals surface area contributed by atoms with E-state index in [2.05, 4.69) is 4.90 Å². The van der Waals surface area contributed by atoms with Crippen molar-refractivity contribution in [2.45, 2.75) is 53.1 Å². The molecular formula is C26H30N4O4S. The van der Waals surface area contributed by atoms with E-state index in [1.165, 1.54) is 11.3 Å². The zero-order valence-corrected chi connectivity index (χ0v) is 21.4. The first-order valence-electron chi connectivity index (χ1n) is 12.1. The zero-order chi connectivity index (χ0) is 24.9. The molecule has 0 N–H and O–H groups in total. The van der Waals surface area contributed by atoms with E-state index in [4.69, 9.17) is 9.72 Å². The largest absolute Gasteiger partial charge is 0.482 e. The number of nitrogens with zero attached hydrogens (tertiary/aromatic N) is 4. The number of Topliss-reactive ketones (excluding diaryl/α,β-unsaturated/α-hetero) is 1. The molecule has 4 heterocycles. The Balaban J connectivity index is 1.59. The minimum atomic E-state index is -0.745. The van der Waals surface area contributed by atoms with Crippen molar-refractivity contribution in [3.63, 3.8) is 0 Å². The number of anilines is 1. The molecule has 0 aliphatic carbocycles. The molecule has 9 heteroatoms. The van der Waals surface area contributed by atoms with Crippen LogP contribution in [0.3, 0.4) is 0 Å². The topological polar surface area (TPSA) is 84.7 Å². The Morgan fingerprint density at radius 2 is 1.94 bits per heavy atom. The normalized spacial score (nSPS) is 17.0. The number of aromatic nitrogens is 2. The first-order valence-corrected chi connectivity index (χ1v) is 13.0. The molecule has 1 unspecified atom stereocenters. The smallest absolute Gasteiger partial charge is 0.265 e. The lowest BCUT2D eigenvalue weighted by Gasteiger charge is -2.29. The summed E-state index contributed by atoms with van der Waals surface area (Å²) in [4.78, 5) is 50.4. The van der Waals surface area contributed by atoms with Gasteiger partial charge in [0.15, 0.2) is 12.4 Å². The van der Waals surface area contributed by atoms with Crippen LogP contribution in [0.15, 0.2) is 23.0 Å². The van der Waals surface area contributed by atoms with Crippen molar-refractivity contribution in [2.75, 3.05) is 31.1 Å². The Morgan fingerprint density at radius 1 is 1.20 bits per heavy atom. The van der Waals surface area contributed by atoms with Gasteiger partial charge in [-0.1, -0.05) is 0 Å². The Labute approximate surface area is 208 Å². The highest BCUT2D eigenvalue weighted by Crippen LogP contribution is 2.34. The van der Waals surface area contributed by atoms with E-state index in [1.54, 1.807) is 34.6 Å². The Hall–Kier alpha value is -3.04. The molecule has 184 valence electrons. The highest BCUT2D eigenvalue weighted by molar-refractivity contribution is 7.18. The molecule has 0 saturated carbocycles. The second kappa shape index (κ2) is 9.20. The van der Waals surface area contributed by atoms with Crippen molar-refractivity contribution in [3.05, 3.63) is 50.4 Å². The van der Waals surface area contributed by atoms with Gasteiger partial charge in [-0.05, 0) is 77.4 Å². The van der Waals surface area contributed by atoms with Gasteiger partial charge < -0.3 is 9.64 Å². The van der Waals surface area contributed by atoms with Gasteiger partial charge in [0.2, 0.25) is 0 Å². The van der Waals surface area contributed by atoms with E-state index < -0.39 is 6.04 Å². The lowest BCUT2D eigenvalue weighted by Crippen LogP contribution is -2.38. The molecule has 2 aliphatic rings. The second-order valence-corrected chi connectivity index (χ2v) is 10.5. The maximum Gasteiger partial charge on any atom is 0.265 e. The summed E-state index contributed by atoms with van der Waals surface area (Å²) < 4.78 is 7.14. The third-order valence-electron chi connectivity index (χ3n) is 7.14. The van der Waals surface area contributed by atoms with Gasteiger partial charge in [0.05, 0.1) is 23.7 Å². The van der Waals surface area contributed by atoms with E-state index in [0.717, 1.165) is 41.2 Å². The van der Waals surface area contributed by atoms with E-state index >= 15 is 0 Å². The van der Waals surface area contributed by atoms with Crippen LogP contribution in [-0.4, -0.2) is 52.4 Å². The Bertz CT molecular complexity index is 1390. The molecule has 1 atom stereocenters. The fourth-order valence-electron chi connectivity index (χ4n) is 5.06. The van der Waals surface area contributed by atoms with Crippen LogP contribution in [0.1, 0.15) is 59.4 Å². The SMILES string of the molecule is CCN1C(=O)COc2ccc(C(=O)C(C)n3c(CN4CCCC4)nc4sc(C)c(C)c4c3=O)cc21. The molecule has 1 saturated heterocycles. The summed E-state index contributed by atoms with van der Waals surface area (Å²) in [7, 11) is 0. The Kier molecular flexibility index (Phi) is 6.23. The summed E-state index contributed by atoms with van der Waals surface area (Å²) in [6.07, 6.45) is 2.25. The van der Waals surface area contributed by atoms with Gasteiger partial charge in [0, 0.05) is 17.0 Å². The molecule has 8 nitrogen and oxygen atoms in total. The van der Waals surface area contributed by atoms with Crippen molar-refractivity contribution in [2.24, 2.45) is 0 Å². The third kappa shape index (κ3) is 4.06. The van der Waals surface area contributed by atoms with E-state index in [1.807, 2.05) is 20.8 Å². The molecule has 1 amide bonds. The zero-order valence-electron chi connectivity index (χ0n) is 20.6. The van der Waals surface area contributed by atoms with Crippen molar-refractivity contribution in [1.82, 2.24) is 14.5 Å². The maximum absolute atomic E-state index is 13.8. The highest BCUT2D eigenvalue weighted by atomic mass is 32.1. The molecule has 1 fully saturated rings. The monoisotopic (exact) mass is 494 g/mol. The van der Waals surface area contributed by atoms with Crippen LogP contribution < -0.4 is 15.2 Å². The first kappa shape index (κ1) is 23.7. The minimum Gasteiger partial charge on any atom is -0.482 e. The molecule has 0 bridgehead atoms. The molecule has 5 rings (SSSR count). The summed E-state index contributed by atoms with van der Waals surface area (Å²) >= 11 is 1.53. The number of ketones is 1. The predicted octanol–water partition coefficient (Wildman–Crippen LogP) is 3.86. The van der Waals surface area contributed by atoms with Gasteiger partial charge in [-0.15, -0.1) is 11.3 Å². The summed E-state index contributed by atoms with van der Waals surface area (Å²) in [5.41, 5.74) is 1.78. The van der Waals surface area contributed by atoms with Gasteiger partial charge in [-0.3, -0.25) is 23.9 Å². The number of hydrogen-bond acceptors (Lipinski definition) is 7. The second-order valence-electron chi connectivity index (χ2n) is 9.30. The number of rotatable bonds is 6. The lowest BCUT2D eigenvalue weighted by atomic mass is 10.0. The molecule has 2 aromatic heterocycles. The number of fused-ring (bicyclic) bond motifs is 2. The van der Waals surface area contributed by atoms with E-state index in [0.29, 0.717) is 41.3 Å². The molecular weight excluding hydrogens is 464 g/mol. The van der Waals surface area contributed by atoms with Crippen LogP contribution in [0.4, 0.5) is 5.69 Å². The number of benzene rings is 1. The van der Waals surface area contributed by atoms with E-state index in [9.17, 15) is 14.4 Å². The van der Waals surface area contributed by atoms with Crippen LogP contribution in [0.25, 0.3) is 10.2 Å². The van der Waals surface area contributed by atoms with Gasteiger partial charge in [-0.25, -0.2) is 4.98 Å². The van der Waals surface area contributed by atoms with Crippen molar-refractivity contribution >= 4 is 38.9 Å². The quantitative estimate of drug-likeness (QED) is 0.484. The number of hydrogen-bond donors (Lipinski definition) is 0. The number of likely N-dealkylation sites (tertiary alicyclic amines) is 1. The number of amides is 1. The van der Waals surface area contributed by atoms with Crippen molar-refractivity contribution in [1.29, 1.82) is 0 Å². The van der Waals surface area contributed by atoms with E-state index in [-0.39, 0.29) is 23.9 Å². The first-order chi connectivity index (χ1) is 16.8. The summed E-state index contributed by atoms with van der Waals surface area (Å²) in [5.74, 6) is 0.866. The van der Waals surface area contributed by atoms with Crippen LogP contribution in [0.5, 0.6) is 5.75 Å². The highest BCUT2D eigenvalue weighted by Gasteiger charge is 2.29. The number of aryl methyl sites for hydroxylation is 2. The summed E-state index contributed by atoms with van der Waals surface area (Å²) in [5, 5.41) is 0.596. The molecule has 0 spiro atoms. The minimum absolute atomic E-state index is 0.00905. The average Bonchev–Trinajstić information content (AvgIpc) is 3.45. The molecule has 35 heavy (non-hydrogen) atoms. The van der Waals surface area contributed by atoms with Crippen LogP contribution in [0.2, 0.25) is 0 Å². The average molecular weight is 495 g/mol. The number of likely N-dealkylation sites (N-methyl/N-ethyl adjacent to an activating group) is 1. The molecule has 0 radical (unpaired) electrons. The van der Waals surface area contributed by atoms with Crippen LogP contribution in [0, 0.1) is 13.8 Å². The molecule has 1 aromatic carbocycles. The number of thiophene rings is 1. The Morgan fingerprint density at radius 3 is 2.66 bits per heavy atom. The molecule has 2 aliphatic heterocycles. The van der Waals surface area contributed by atoms with Crippen LogP contribution in [-0.2, 0) is 11.3 Å². The number of ether oxygens (including phenoxy) is 1. The lowest BCUT2D eigenvalue weighted by molar-refractivity contribution is -0.121. The van der Waals surface area contributed by atoms with Gasteiger partial charge >= 0.3 is 0 Å². The summed E-state index contributed by atoms with van der Waals surface area (Å²) in [6.45, 7) is 10.5. The van der Waals surface area contributed by atoms with Crippen molar-refractivity contribution in [3.8, 4) is 5.75 Å². The predicted molar refractivity (Wildman–Crippen MR) is 137 cm³/mol. The fraction of sp³-hybridized carbons (Fsp3) is 0.462. The fourth-order valence-corrected chi connectivity index (χ4v) is 6.10. The number of carbonyl (C=O) groups excluding carboxylic acids is 2. The summed E-state index contributed by atoms with van der Waals surface area (Å²) in [6, 6.07) is 4.39. The standard InChI is InChI=1S/C26H30N4O4S/c1-5-29-19-12-18(8-9-20(19)34-14-22(29)31)24(32)16(3)30-21(13-28-10-6-7-11-28)27-25-23(26(30)33)15(2)17(4)35-25/h8-9,12,16H,5-7,10-11,13-14H2,1-4H3. The number of carbonyl (C=O) groups is 2. The van der Waals surface area contributed by atoms with Crippen molar-refractivity contribution < 1.29 is 14.3 Å². The van der Waals surface area contributed by atoms with Gasteiger partial charge in [0.1, 0.15) is 16.4 Å². The third-order valence-corrected chi connectivity index (χ3v) is 8.24. The van der Waals surface area contributed by atoms with Gasteiger partial charge in [-0.2, -0.15) is 0 Å². The van der Waals surface area contributed by atoms with Gasteiger partial charge in [0.25, 0.3) is 11.5 Å².